The van der Waals surface area contributed by atoms with Crippen molar-refractivity contribution in [1.82, 2.24) is 0 Å². The molecule has 3 rings (SSSR count). The number of benzene rings is 2. The third-order valence-electron chi connectivity index (χ3n) is 6.71. The van der Waals surface area contributed by atoms with Crippen LogP contribution in [-0.2, 0) is 17.1 Å². The average Bonchev–Trinajstić information content (AvgIpc) is 3.23. The van der Waals surface area contributed by atoms with Crippen LogP contribution in [0.2, 0.25) is 19.6 Å². The zero-order valence-corrected chi connectivity index (χ0v) is 26.7. The fraction of sp³-hybridized carbons (Fsp3) is 0.484. The summed E-state index contributed by atoms with van der Waals surface area (Å²) in [6.07, 6.45) is 2.44. The summed E-state index contributed by atoms with van der Waals surface area (Å²) in [5.41, 5.74) is 8.48. The number of hydrogen-bond acceptors (Lipinski definition) is 2. The van der Waals surface area contributed by atoms with Crippen LogP contribution in [0.1, 0.15) is 101 Å². The Labute approximate surface area is 241 Å². The Morgan fingerprint density at radius 3 is 1.26 bits per heavy atom. The summed E-state index contributed by atoms with van der Waals surface area (Å²) < 4.78 is 28.8. The van der Waals surface area contributed by atoms with Crippen molar-refractivity contribution in [2.45, 2.75) is 98.7 Å². The van der Waals surface area contributed by atoms with E-state index in [4.69, 9.17) is 0 Å². The van der Waals surface area contributed by atoms with Crippen LogP contribution in [0, 0.1) is 13.3 Å². The van der Waals surface area contributed by atoms with Crippen molar-refractivity contribution >= 4 is 19.4 Å². The molecule has 38 heavy (non-hydrogen) atoms. The van der Waals surface area contributed by atoms with Gasteiger partial charge in [-0.1, -0.05) is 111 Å². The molecule has 0 N–H and O–H groups in total. The molecular formula is C31H45CuF3N2Si. The first-order valence-corrected chi connectivity index (χ1v) is 16.8. The van der Waals surface area contributed by atoms with Crippen LogP contribution in [0.3, 0.4) is 0 Å². The predicted octanol–water partition coefficient (Wildman–Crippen LogP) is 10.7. The van der Waals surface area contributed by atoms with Crippen LogP contribution in [-0.4, -0.2) is 8.07 Å². The van der Waals surface area contributed by atoms with Crippen LogP contribution in [0.25, 0.3) is 0 Å². The third-order valence-corrected chi connectivity index (χ3v) is 8.62. The normalized spacial score (nSPS) is 13.9. The molecule has 0 saturated heterocycles. The molecule has 1 aliphatic heterocycles. The molecule has 7 heteroatoms. The number of anilines is 2. The van der Waals surface area contributed by atoms with Crippen LogP contribution < -0.4 is 9.80 Å². The van der Waals surface area contributed by atoms with Gasteiger partial charge >= 0.3 is 17.1 Å². The molecule has 2 aromatic rings. The van der Waals surface area contributed by atoms with Crippen molar-refractivity contribution in [3.8, 4) is 0 Å². The zero-order valence-electron chi connectivity index (χ0n) is 24.8. The molecule has 215 valence electrons. The van der Waals surface area contributed by atoms with Gasteiger partial charge in [-0.2, -0.15) is 0 Å². The van der Waals surface area contributed by atoms with Gasteiger partial charge in [0.2, 0.25) is 0 Å². The van der Waals surface area contributed by atoms with Crippen molar-refractivity contribution in [3.05, 3.63) is 83.5 Å². The van der Waals surface area contributed by atoms with E-state index in [1.807, 2.05) is 0 Å². The topological polar surface area (TPSA) is 6.48 Å². The monoisotopic (exact) mass is 593 g/mol. The summed E-state index contributed by atoms with van der Waals surface area (Å²) in [4.78, 5) is 5.00. The minimum absolute atomic E-state index is 0. The SMILES string of the molecule is CC(C)c1cccc(C(C)C)c1N1C=C([Si](C)(C)C)N(c2c(C(C)C)cccc2C(C)C)[CH-]1.F[C-](F)F.[Cu+2]. The van der Waals surface area contributed by atoms with Crippen LogP contribution in [0.4, 0.5) is 24.5 Å². The third kappa shape index (κ3) is 8.16. The van der Waals surface area contributed by atoms with Gasteiger partial charge in [0.15, 0.2) is 6.68 Å². The Kier molecular flexibility index (Phi) is 12.7. The molecule has 0 aliphatic carbocycles. The largest absolute Gasteiger partial charge is 2.00 e. The van der Waals surface area contributed by atoms with Crippen LogP contribution in [0.15, 0.2) is 47.9 Å². The molecule has 0 saturated carbocycles. The van der Waals surface area contributed by atoms with E-state index in [9.17, 15) is 13.2 Å². The molecule has 0 aromatic heterocycles. The van der Waals surface area contributed by atoms with Crippen molar-refractivity contribution in [3.63, 3.8) is 0 Å². The molecule has 0 spiro atoms. The Morgan fingerprint density at radius 1 is 0.658 bits per heavy atom. The quantitative estimate of drug-likeness (QED) is 0.233. The summed E-state index contributed by atoms with van der Waals surface area (Å²) >= 11 is 0. The average molecular weight is 594 g/mol. The summed E-state index contributed by atoms with van der Waals surface area (Å²) in [5, 5.41) is 1.48. The molecule has 0 unspecified atom stereocenters. The molecule has 1 aliphatic rings. The van der Waals surface area contributed by atoms with Gasteiger partial charge in [0.1, 0.15) is 0 Å². The van der Waals surface area contributed by atoms with Gasteiger partial charge in [-0.3, -0.25) is 0 Å². The second-order valence-corrected chi connectivity index (χ2v) is 17.1. The molecule has 2 aromatic carbocycles. The fourth-order valence-corrected chi connectivity index (χ4v) is 6.29. The van der Waals surface area contributed by atoms with Gasteiger partial charge in [-0.25, -0.2) is 0 Å². The second-order valence-electron chi connectivity index (χ2n) is 12.1. The number of nitrogens with zero attached hydrogens (tertiary/aromatic N) is 2. The number of para-hydroxylation sites is 2. The number of rotatable bonds is 7. The van der Waals surface area contributed by atoms with E-state index in [1.165, 1.54) is 38.9 Å². The molecule has 0 fully saturated rings. The van der Waals surface area contributed by atoms with Crippen molar-refractivity contribution in [2.24, 2.45) is 0 Å². The summed E-state index contributed by atoms with van der Waals surface area (Å²) in [6.45, 7) is 25.2. The predicted molar refractivity (Wildman–Crippen MR) is 156 cm³/mol. The van der Waals surface area contributed by atoms with E-state index in [1.54, 1.807) is 0 Å². The Hall–Kier alpha value is -1.69. The van der Waals surface area contributed by atoms with E-state index < -0.39 is 14.8 Å². The first-order valence-electron chi connectivity index (χ1n) is 13.3. The van der Waals surface area contributed by atoms with Crippen molar-refractivity contribution in [2.75, 3.05) is 9.80 Å². The summed E-state index contributed by atoms with van der Waals surface area (Å²) in [5.74, 6) is 1.88. The Morgan fingerprint density at radius 2 is 0.974 bits per heavy atom. The molecule has 1 radical (unpaired) electrons. The standard InChI is InChI=1S/C30H45N2Si.CF3.Cu/c1-20(2)24-14-12-15-25(21(3)4)29(24)31-18-28(33(9,10)11)32(19-31)30-26(22(5)6)16-13-17-27(30)23(7)8;2-1(3)4;/h12-23H,1-11H3;;/q2*-1;+2. The van der Waals surface area contributed by atoms with E-state index >= 15 is 0 Å². The van der Waals surface area contributed by atoms with Crippen LogP contribution >= 0.6 is 0 Å². The van der Waals surface area contributed by atoms with Crippen molar-refractivity contribution < 1.29 is 30.2 Å². The Bertz CT molecular complexity index is 1020. The molecule has 0 amide bonds. The molecule has 2 nitrogen and oxygen atoms in total. The molecule has 0 atom stereocenters. The van der Waals surface area contributed by atoms with Gasteiger partial charge < -0.3 is 23.0 Å². The van der Waals surface area contributed by atoms with E-state index in [-0.39, 0.29) is 17.1 Å². The maximum absolute atomic E-state index is 9.58. The maximum atomic E-state index is 9.58. The molecule has 1 heterocycles. The van der Waals surface area contributed by atoms with E-state index in [0.29, 0.717) is 23.7 Å². The fourth-order valence-electron chi connectivity index (χ4n) is 4.87. The van der Waals surface area contributed by atoms with Gasteiger partial charge in [0.25, 0.3) is 0 Å². The smallest absolute Gasteiger partial charge is 0.480 e. The molecule has 0 bridgehead atoms. The number of halogens is 3. The number of hydrogen-bond donors (Lipinski definition) is 0. The first kappa shape index (κ1) is 34.3. The van der Waals surface area contributed by atoms with E-state index in [0.717, 1.165) is 0 Å². The maximum Gasteiger partial charge on any atom is 2.00 e. The van der Waals surface area contributed by atoms with Gasteiger partial charge in [-0.05, 0) is 57.4 Å². The molecular weight excluding hydrogens is 549 g/mol. The van der Waals surface area contributed by atoms with Gasteiger partial charge in [-0.15, -0.1) is 6.67 Å². The minimum atomic E-state index is -3.08. The second kappa shape index (κ2) is 14.1. The van der Waals surface area contributed by atoms with Gasteiger partial charge in [0.05, 0.1) is 8.07 Å². The van der Waals surface area contributed by atoms with Gasteiger partial charge in [0, 0.05) is 11.4 Å². The van der Waals surface area contributed by atoms with Crippen molar-refractivity contribution in [1.29, 1.82) is 0 Å². The zero-order chi connectivity index (χ0) is 28.2. The summed E-state index contributed by atoms with van der Waals surface area (Å²) in [6, 6.07) is 13.7. The van der Waals surface area contributed by atoms with E-state index in [2.05, 4.69) is 134 Å². The van der Waals surface area contributed by atoms with Crippen LogP contribution in [0.5, 0.6) is 0 Å². The minimum Gasteiger partial charge on any atom is -0.480 e. The summed E-state index contributed by atoms with van der Waals surface area (Å²) in [7, 11) is -1.64. The Balaban J connectivity index is 0.00000135. The first-order chi connectivity index (χ1) is 17.1.